The van der Waals surface area contributed by atoms with Crippen molar-refractivity contribution in [2.75, 3.05) is 12.3 Å². The van der Waals surface area contributed by atoms with Crippen molar-refractivity contribution in [2.24, 2.45) is 0 Å². The molecule has 1 rings (SSSR count). The molecule has 1 aromatic rings. The van der Waals surface area contributed by atoms with Crippen LogP contribution in [0.2, 0.25) is 0 Å². The molecule has 3 heteroatoms. The van der Waals surface area contributed by atoms with Crippen LogP contribution in [0.1, 0.15) is 16.7 Å². The maximum atomic E-state index is 10.9. The number of rotatable bonds is 4. The number of hydrogen-bond donors (Lipinski definition) is 2. The zero-order valence-electron chi connectivity index (χ0n) is 9.21. The largest absolute Gasteiger partial charge is 0.355 e. The summed E-state index contributed by atoms with van der Waals surface area (Å²) in [6.07, 6.45) is 0.876. The molecule has 0 aliphatic heterocycles. The SMILES string of the molecule is Cc1ccc(CCNC(=O)CS)cc1C. The van der Waals surface area contributed by atoms with Crippen molar-refractivity contribution < 1.29 is 4.79 Å². The van der Waals surface area contributed by atoms with Crippen LogP contribution in [-0.4, -0.2) is 18.2 Å². The van der Waals surface area contributed by atoms with Crippen LogP contribution in [0, 0.1) is 13.8 Å². The predicted molar refractivity (Wildman–Crippen MR) is 66.5 cm³/mol. The van der Waals surface area contributed by atoms with Crippen LogP contribution in [0.15, 0.2) is 18.2 Å². The monoisotopic (exact) mass is 223 g/mol. The Bertz CT molecular complexity index is 349. The van der Waals surface area contributed by atoms with Crippen molar-refractivity contribution in [2.45, 2.75) is 20.3 Å². The summed E-state index contributed by atoms with van der Waals surface area (Å²) < 4.78 is 0. The van der Waals surface area contributed by atoms with Crippen LogP contribution in [0.3, 0.4) is 0 Å². The Balaban J connectivity index is 2.44. The second kappa shape index (κ2) is 5.81. The minimum absolute atomic E-state index is 0.0119. The molecule has 82 valence electrons. The fourth-order valence-corrected chi connectivity index (χ4v) is 1.47. The van der Waals surface area contributed by atoms with Gasteiger partial charge in [0.15, 0.2) is 0 Å². The van der Waals surface area contributed by atoms with Crippen molar-refractivity contribution in [1.29, 1.82) is 0 Å². The molecule has 0 bridgehead atoms. The number of thiol groups is 1. The van der Waals surface area contributed by atoms with Gasteiger partial charge in [-0.25, -0.2) is 0 Å². The van der Waals surface area contributed by atoms with E-state index < -0.39 is 0 Å². The summed E-state index contributed by atoms with van der Waals surface area (Å²) in [5.74, 6) is 0.245. The van der Waals surface area contributed by atoms with Gasteiger partial charge in [0.05, 0.1) is 5.75 Å². The molecule has 0 fully saturated rings. The second-order valence-corrected chi connectivity index (χ2v) is 3.99. The molecule has 0 aliphatic rings. The second-order valence-electron chi connectivity index (χ2n) is 3.68. The van der Waals surface area contributed by atoms with Crippen LogP contribution in [-0.2, 0) is 11.2 Å². The smallest absolute Gasteiger partial charge is 0.229 e. The summed E-state index contributed by atoms with van der Waals surface area (Å²) in [6, 6.07) is 6.39. The van der Waals surface area contributed by atoms with Gasteiger partial charge in [0.2, 0.25) is 5.91 Å². The average molecular weight is 223 g/mol. The number of aryl methyl sites for hydroxylation is 2. The van der Waals surface area contributed by atoms with Gasteiger partial charge in [0.25, 0.3) is 0 Å². The van der Waals surface area contributed by atoms with E-state index in [4.69, 9.17) is 0 Å². The standard InChI is InChI=1S/C12H17NOS/c1-9-3-4-11(7-10(9)2)5-6-13-12(14)8-15/h3-4,7,15H,5-6,8H2,1-2H3,(H,13,14). The quantitative estimate of drug-likeness (QED) is 0.750. The van der Waals surface area contributed by atoms with Crippen LogP contribution >= 0.6 is 12.6 Å². The Kier molecular flexibility index (Phi) is 4.69. The topological polar surface area (TPSA) is 29.1 Å². The summed E-state index contributed by atoms with van der Waals surface area (Å²) in [6.45, 7) is 4.88. The fourth-order valence-electron chi connectivity index (χ4n) is 1.36. The van der Waals surface area contributed by atoms with E-state index in [1.807, 2.05) is 0 Å². The molecule has 0 aromatic heterocycles. The molecular formula is C12H17NOS. The Morgan fingerprint density at radius 1 is 1.33 bits per heavy atom. The molecule has 0 unspecified atom stereocenters. The van der Waals surface area contributed by atoms with Gasteiger partial charge in [-0.2, -0.15) is 12.6 Å². The van der Waals surface area contributed by atoms with Gasteiger partial charge in [-0.15, -0.1) is 0 Å². The lowest BCUT2D eigenvalue weighted by Crippen LogP contribution is -2.26. The van der Waals surface area contributed by atoms with Crippen LogP contribution in [0.5, 0.6) is 0 Å². The van der Waals surface area contributed by atoms with Gasteiger partial charge in [-0.3, -0.25) is 4.79 Å². The molecule has 0 aliphatic carbocycles. The molecular weight excluding hydrogens is 206 g/mol. The van der Waals surface area contributed by atoms with Gasteiger partial charge >= 0.3 is 0 Å². The van der Waals surface area contributed by atoms with Gasteiger partial charge in [0, 0.05) is 6.54 Å². The van der Waals surface area contributed by atoms with Crippen molar-refractivity contribution in [3.8, 4) is 0 Å². The van der Waals surface area contributed by atoms with Gasteiger partial charge in [-0.1, -0.05) is 18.2 Å². The van der Waals surface area contributed by atoms with E-state index in [-0.39, 0.29) is 11.7 Å². The fraction of sp³-hybridized carbons (Fsp3) is 0.417. The Morgan fingerprint density at radius 3 is 2.67 bits per heavy atom. The highest BCUT2D eigenvalue weighted by Crippen LogP contribution is 2.09. The van der Waals surface area contributed by atoms with Crippen molar-refractivity contribution >= 4 is 18.5 Å². The highest BCUT2D eigenvalue weighted by molar-refractivity contribution is 7.81. The van der Waals surface area contributed by atoms with Crippen LogP contribution in [0.4, 0.5) is 0 Å². The normalized spacial score (nSPS) is 10.1. The number of hydrogen-bond acceptors (Lipinski definition) is 2. The van der Waals surface area contributed by atoms with E-state index in [1.165, 1.54) is 16.7 Å². The molecule has 0 spiro atoms. The predicted octanol–water partition coefficient (Wildman–Crippen LogP) is 1.89. The van der Waals surface area contributed by atoms with Gasteiger partial charge in [0.1, 0.15) is 0 Å². The molecule has 0 heterocycles. The maximum absolute atomic E-state index is 10.9. The number of benzene rings is 1. The lowest BCUT2D eigenvalue weighted by molar-refractivity contribution is -0.118. The first-order valence-corrected chi connectivity index (χ1v) is 5.70. The van der Waals surface area contributed by atoms with E-state index in [1.54, 1.807) is 0 Å². The lowest BCUT2D eigenvalue weighted by Gasteiger charge is -2.06. The van der Waals surface area contributed by atoms with E-state index >= 15 is 0 Å². The van der Waals surface area contributed by atoms with Crippen LogP contribution < -0.4 is 5.32 Å². The molecule has 1 N–H and O–H groups in total. The lowest BCUT2D eigenvalue weighted by atomic mass is 10.0. The molecule has 1 aromatic carbocycles. The number of amides is 1. The minimum atomic E-state index is -0.0119. The third-order valence-electron chi connectivity index (χ3n) is 2.45. The number of carbonyl (C=O) groups excluding carboxylic acids is 1. The average Bonchev–Trinajstić information content (AvgIpc) is 2.23. The minimum Gasteiger partial charge on any atom is -0.355 e. The van der Waals surface area contributed by atoms with E-state index in [0.717, 1.165) is 6.42 Å². The Labute approximate surface area is 96.5 Å². The summed E-state index contributed by atoms with van der Waals surface area (Å²) in [7, 11) is 0. The first-order valence-electron chi connectivity index (χ1n) is 5.07. The molecule has 0 saturated carbocycles. The molecule has 0 radical (unpaired) electrons. The Morgan fingerprint density at radius 2 is 2.07 bits per heavy atom. The number of nitrogens with one attached hydrogen (secondary N) is 1. The molecule has 0 saturated heterocycles. The molecule has 0 atom stereocenters. The molecule has 1 amide bonds. The third-order valence-corrected chi connectivity index (χ3v) is 2.74. The van der Waals surface area contributed by atoms with Crippen molar-refractivity contribution in [3.05, 3.63) is 34.9 Å². The maximum Gasteiger partial charge on any atom is 0.229 e. The van der Waals surface area contributed by atoms with Gasteiger partial charge in [-0.05, 0) is 37.0 Å². The first kappa shape index (κ1) is 12.1. The summed E-state index contributed by atoms with van der Waals surface area (Å²) in [5.41, 5.74) is 3.86. The molecule has 2 nitrogen and oxygen atoms in total. The first-order chi connectivity index (χ1) is 7.13. The highest BCUT2D eigenvalue weighted by Gasteiger charge is 1.98. The zero-order valence-corrected chi connectivity index (χ0v) is 10.1. The van der Waals surface area contributed by atoms with Crippen molar-refractivity contribution in [1.82, 2.24) is 5.32 Å². The number of carbonyl (C=O) groups is 1. The van der Waals surface area contributed by atoms with Crippen LogP contribution in [0.25, 0.3) is 0 Å². The van der Waals surface area contributed by atoms with E-state index in [9.17, 15) is 4.79 Å². The zero-order chi connectivity index (χ0) is 11.3. The van der Waals surface area contributed by atoms with Gasteiger partial charge < -0.3 is 5.32 Å². The van der Waals surface area contributed by atoms with Crippen molar-refractivity contribution in [3.63, 3.8) is 0 Å². The summed E-state index contributed by atoms with van der Waals surface area (Å²) in [5, 5.41) is 2.80. The highest BCUT2D eigenvalue weighted by atomic mass is 32.1. The molecule has 15 heavy (non-hydrogen) atoms. The summed E-state index contributed by atoms with van der Waals surface area (Å²) in [4.78, 5) is 10.9. The summed E-state index contributed by atoms with van der Waals surface area (Å²) >= 11 is 3.89. The Hall–Kier alpha value is -0.960. The van der Waals surface area contributed by atoms with E-state index in [0.29, 0.717) is 6.54 Å². The third kappa shape index (κ3) is 3.96. The van der Waals surface area contributed by atoms with E-state index in [2.05, 4.69) is 50.0 Å².